The summed E-state index contributed by atoms with van der Waals surface area (Å²) in [6, 6.07) is 8.05. The predicted molar refractivity (Wildman–Crippen MR) is 67.0 cm³/mol. The molecule has 2 rings (SSSR count). The van der Waals surface area contributed by atoms with Crippen LogP contribution in [0.15, 0.2) is 42.5 Å². The third-order valence-corrected chi connectivity index (χ3v) is 2.91. The molecule has 2 aromatic carbocycles. The van der Waals surface area contributed by atoms with Gasteiger partial charge in [0.2, 0.25) is 0 Å². The molecule has 0 amide bonds. The lowest BCUT2D eigenvalue weighted by Gasteiger charge is -2.14. The van der Waals surface area contributed by atoms with Crippen LogP contribution in [-0.4, -0.2) is 5.24 Å². The number of carbonyl (C=O) groups excluding carboxylic acids is 1. The van der Waals surface area contributed by atoms with Crippen LogP contribution in [0.1, 0.15) is 15.9 Å². The van der Waals surface area contributed by atoms with Crippen LogP contribution in [0.3, 0.4) is 0 Å². The summed E-state index contributed by atoms with van der Waals surface area (Å²) in [5.41, 5.74) is -1.45. The topological polar surface area (TPSA) is 17.1 Å². The van der Waals surface area contributed by atoms with Crippen molar-refractivity contribution in [3.63, 3.8) is 0 Å². The molecule has 20 heavy (non-hydrogen) atoms. The van der Waals surface area contributed by atoms with Gasteiger partial charge in [0.1, 0.15) is 5.82 Å². The Hall–Kier alpha value is -1.88. The van der Waals surface area contributed by atoms with Gasteiger partial charge in [0.25, 0.3) is 5.24 Å². The van der Waals surface area contributed by atoms with Crippen molar-refractivity contribution in [1.29, 1.82) is 0 Å². The van der Waals surface area contributed by atoms with Crippen LogP contribution in [0.5, 0.6) is 0 Å². The summed E-state index contributed by atoms with van der Waals surface area (Å²) < 4.78 is 51.6. The molecule has 0 radical (unpaired) electrons. The zero-order valence-electron chi connectivity index (χ0n) is 9.84. The monoisotopic (exact) mass is 302 g/mol. The zero-order valence-corrected chi connectivity index (χ0v) is 10.6. The number of hydrogen-bond donors (Lipinski definition) is 0. The van der Waals surface area contributed by atoms with Gasteiger partial charge >= 0.3 is 6.18 Å². The Balaban J connectivity index is 2.71. The first-order chi connectivity index (χ1) is 9.30. The zero-order chi connectivity index (χ0) is 14.9. The van der Waals surface area contributed by atoms with Crippen molar-refractivity contribution < 1.29 is 22.4 Å². The van der Waals surface area contributed by atoms with Gasteiger partial charge in [0.05, 0.1) is 11.1 Å². The minimum atomic E-state index is -4.70. The van der Waals surface area contributed by atoms with Crippen molar-refractivity contribution in [1.82, 2.24) is 0 Å². The highest BCUT2D eigenvalue weighted by atomic mass is 35.5. The number of rotatable bonds is 2. The number of hydrogen-bond acceptors (Lipinski definition) is 1. The van der Waals surface area contributed by atoms with E-state index < -0.39 is 28.4 Å². The van der Waals surface area contributed by atoms with E-state index in [0.29, 0.717) is 0 Å². The van der Waals surface area contributed by atoms with Crippen LogP contribution in [0.4, 0.5) is 17.6 Å². The fourth-order valence-corrected chi connectivity index (χ4v) is 2.07. The summed E-state index contributed by atoms with van der Waals surface area (Å²) in [5.74, 6) is -0.528. The lowest BCUT2D eigenvalue weighted by molar-refractivity contribution is -0.137. The van der Waals surface area contributed by atoms with Gasteiger partial charge in [0, 0.05) is 0 Å². The lowest BCUT2D eigenvalue weighted by atomic mass is 9.96. The second kappa shape index (κ2) is 5.25. The van der Waals surface area contributed by atoms with Crippen LogP contribution in [0.2, 0.25) is 0 Å². The van der Waals surface area contributed by atoms with Crippen molar-refractivity contribution in [2.45, 2.75) is 6.18 Å². The minimum Gasteiger partial charge on any atom is -0.276 e. The van der Waals surface area contributed by atoms with E-state index >= 15 is 0 Å². The molecule has 0 aliphatic heterocycles. The predicted octanol–water partition coefficient (Wildman–Crippen LogP) is 4.89. The van der Waals surface area contributed by atoms with E-state index in [4.69, 9.17) is 11.6 Å². The molecular formula is C14H7ClF4O. The van der Waals surface area contributed by atoms with E-state index in [1.165, 1.54) is 24.3 Å². The fraction of sp³-hybridized carbons (Fsp3) is 0.0714. The van der Waals surface area contributed by atoms with E-state index in [0.717, 1.165) is 18.2 Å². The highest BCUT2D eigenvalue weighted by Gasteiger charge is 2.36. The van der Waals surface area contributed by atoms with Crippen LogP contribution in [-0.2, 0) is 6.18 Å². The summed E-state index contributed by atoms with van der Waals surface area (Å²) in [4.78, 5) is 11.4. The van der Waals surface area contributed by atoms with Gasteiger partial charge in [-0.1, -0.05) is 24.3 Å². The third-order valence-electron chi connectivity index (χ3n) is 2.72. The van der Waals surface area contributed by atoms with Crippen LogP contribution < -0.4 is 0 Å². The molecule has 0 unspecified atom stereocenters. The van der Waals surface area contributed by atoms with Crippen molar-refractivity contribution in [2.24, 2.45) is 0 Å². The van der Waals surface area contributed by atoms with Crippen molar-refractivity contribution >= 4 is 16.8 Å². The maximum atomic E-state index is 12.9. The van der Waals surface area contributed by atoms with Gasteiger partial charge in [-0.15, -0.1) is 0 Å². The largest absolute Gasteiger partial charge is 0.417 e. The van der Waals surface area contributed by atoms with Crippen molar-refractivity contribution in [3.8, 4) is 11.1 Å². The maximum Gasteiger partial charge on any atom is 0.417 e. The van der Waals surface area contributed by atoms with Gasteiger partial charge in [-0.05, 0) is 40.9 Å². The molecule has 0 spiro atoms. The summed E-state index contributed by atoms with van der Waals surface area (Å²) in [5, 5.41) is -1.21. The Morgan fingerprint density at radius 2 is 1.60 bits per heavy atom. The summed E-state index contributed by atoms with van der Waals surface area (Å²) in [6.07, 6.45) is -4.70. The van der Waals surface area contributed by atoms with E-state index in [1.54, 1.807) is 0 Å². The van der Waals surface area contributed by atoms with Crippen LogP contribution in [0, 0.1) is 5.82 Å². The SMILES string of the molecule is O=C(Cl)c1c(-c2ccc(F)cc2)cccc1C(F)(F)F. The standard InChI is InChI=1S/C14H7ClF4O/c15-13(20)12-10(8-4-6-9(16)7-5-8)2-1-3-11(12)14(17,18)19/h1-7H. The highest BCUT2D eigenvalue weighted by Crippen LogP contribution is 2.37. The molecule has 0 aliphatic carbocycles. The average Bonchev–Trinajstić information content (AvgIpc) is 2.37. The van der Waals surface area contributed by atoms with Crippen LogP contribution >= 0.6 is 11.6 Å². The Morgan fingerprint density at radius 1 is 1.00 bits per heavy atom. The molecule has 0 atom stereocenters. The number of benzene rings is 2. The van der Waals surface area contributed by atoms with Crippen molar-refractivity contribution in [3.05, 3.63) is 59.4 Å². The molecule has 0 bridgehead atoms. The van der Waals surface area contributed by atoms with E-state index in [9.17, 15) is 22.4 Å². The fourth-order valence-electron chi connectivity index (χ4n) is 1.87. The highest BCUT2D eigenvalue weighted by molar-refractivity contribution is 6.68. The number of carbonyl (C=O) groups is 1. The second-order valence-corrected chi connectivity index (χ2v) is 4.35. The first-order valence-corrected chi connectivity index (χ1v) is 5.84. The molecular weight excluding hydrogens is 296 g/mol. The molecule has 104 valence electrons. The average molecular weight is 303 g/mol. The van der Waals surface area contributed by atoms with Crippen LogP contribution in [0.25, 0.3) is 11.1 Å². The summed E-state index contributed by atoms with van der Waals surface area (Å²) in [6.45, 7) is 0. The summed E-state index contributed by atoms with van der Waals surface area (Å²) in [7, 11) is 0. The minimum absolute atomic E-state index is 0.0137. The van der Waals surface area contributed by atoms with Gasteiger partial charge in [-0.2, -0.15) is 13.2 Å². The molecule has 6 heteroatoms. The first-order valence-electron chi connectivity index (χ1n) is 5.46. The molecule has 0 saturated heterocycles. The summed E-state index contributed by atoms with van der Waals surface area (Å²) >= 11 is 5.29. The maximum absolute atomic E-state index is 12.9. The normalized spacial score (nSPS) is 11.4. The Morgan fingerprint density at radius 3 is 2.10 bits per heavy atom. The molecule has 0 fully saturated rings. The molecule has 1 nitrogen and oxygen atoms in total. The molecule has 0 aromatic heterocycles. The Kier molecular flexibility index (Phi) is 3.81. The van der Waals surface area contributed by atoms with E-state index in [-0.39, 0.29) is 11.1 Å². The lowest BCUT2D eigenvalue weighted by Crippen LogP contribution is -2.12. The van der Waals surface area contributed by atoms with Gasteiger partial charge in [-0.25, -0.2) is 4.39 Å². The van der Waals surface area contributed by atoms with Crippen molar-refractivity contribution in [2.75, 3.05) is 0 Å². The first kappa shape index (κ1) is 14.5. The molecule has 0 saturated carbocycles. The Labute approximate surface area is 116 Å². The van der Waals surface area contributed by atoms with Gasteiger partial charge < -0.3 is 0 Å². The number of alkyl halides is 3. The number of halogens is 5. The third kappa shape index (κ3) is 2.82. The van der Waals surface area contributed by atoms with Gasteiger partial charge in [-0.3, -0.25) is 4.79 Å². The molecule has 2 aromatic rings. The smallest absolute Gasteiger partial charge is 0.276 e. The molecule has 0 N–H and O–H groups in total. The molecule has 0 heterocycles. The quantitative estimate of drug-likeness (QED) is 0.570. The van der Waals surface area contributed by atoms with E-state index in [1.807, 2.05) is 0 Å². The molecule has 0 aliphatic rings. The van der Waals surface area contributed by atoms with E-state index in [2.05, 4.69) is 0 Å². The Bertz CT molecular complexity index is 647. The van der Waals surface area contributed by atoms with Gasteiger partial charge in [0.15, 0.2) is 0 Å². The second-order valence-electron chi connectivity index (χ2n) is 4.01.